The first-order valence-electron chi connectivity index (χ1n) is 9.46. The molecule has 1 aliphatic rings. The number of aliphatic imine (C=N–C) groups is 1. The van der Waals surface area contributed by atoms with Gasteiger partial charge < -0.3 is 20.3 Å². The maximum absolute atomic E-state index is 5.46. The highest BCUT2D eigenvalue weighted by atomic mass is 16.5. The minimum atomic E-state index is 0.0552. The number of ether oxygens (including phenoxy) is 1. The summed E-state index contributed by atoms with van der Waals surface area (Å²) in [6, 6.07) is 0.617. The summed E-state index contributed by atoms with van der Waals surface area (Å²) < 4.78 is 5.46. The molecule has 1 unspecified atom stereocenters. The van der Waals surface area contributed by atoms with Crippen molar-refractivity contribution in [1.29, 1.82) is 0 Å². The molecule has 1 aliphatic heterocycles. The Morgan fingerprint density at radius 1 is 1.25 bits per heavy atom. The second kappa shape index (κ2) is 10.9. The smallest absolute Gasteiger partial charge is 0.191 e. The fourth-order valence-electron chi connectivity index (χ4n) is 2.77. The van der Waals surface area contributed by atoms with E-state index in [1.54, 1.807) is 0 Å². The van der Waals surface area contributed by atoms with Gasteiger partial charge in [0, 0.05) is 44.3 Å². The molecule has 0 spiro atoms. The van der Waals surface area contributed by atoms with Gasteiger partial charge in [0.25, 0.3) is 0 Å². The van der Waals surface area contributed by atoms with Crippen molar-refractivity contribution in [2.75, 3.05) is 59.5 Å². The van der Waals surface area contributed by atoms with Gasteiger partial charge in [-0.3, -0.25) is 9.89 Å². The van der Waals surface area contributed by atoms with Crippen LogP contribution in [0.3, 0.4) is 0 Å². The van der Waals surface area contributed by atoms with Gasteiger partial charge in [0.1, 0.15) is 0 Å². The molecule has 0 aromatic heterocycles. The lowest BCUT2D eigenvalue weighted by molar-refractivity contribution is -0.00683. The van der Waals surface area contributed by atoms with Crippen LogP contribution >= 0.6 is 0 Å². The predicted octanol–water partition coefficient (Wildman–Crippen LogP) is 1.38. The summed E-state index contributed by atoms with van der Waals surface area (Å²) in [6.07, 6.45) is 1.18. The van der Waals surface area contributed by atoms with Crippen LogP contribution in [0.15, 0.2) is 4.99 Å². The first-order valence-corrected chi connectivity index (χ1v) is 9.46. The van der Waals surface area contributed by atoms with E-state index in [-0.39, 0.29) is 5.54 Å². The van der Waals surface area contributed by atoms with Gasteiger partial charge in [-0.1, -0.05) is 6.92 Å². The monoisotopic (exact) mass is 341 g/mol. The highest BCUT2D eigenvalue weighted by Crippen LogP contribution is 2.16. The van der Waals surface area contributed by atoms with Crippen molar-refractivity contribution in [1.82, 2.24) is 20.4 Å². The van der Waals surface area contributed by atoms with Gasteiger partial charge in [0.2, 0.25) is 0 Å². The molecule has 2 N–H and O–H groups in total. The van der Waals surface area contributed by atoms with Crippen LogP contribution in [0.1, 0.15) is 41.0 Å². The van der Waals surface area contributed by atoms with Gasteiger partial charge in [-0.15, -0.1) is 0 Å². The maximum Gasteiger partial charge on any atom is 0.191 e. The van der Waals surface area contributed by atoms with E-state index in [4.69, 9.17) is 9.73 Å². The van der Waals surface area contributed by atoms with Crippen LogP contribution in [0.2, 0.25) is 0 Å². The molecule has 1 rings (SSSR count). The standard InChI is InChI=1S/C18H39N5O/c1-7-16(3)22(6)10-9-20-17(19-8-2)21-15-18(4,5)23-11-13-24-14-12-23/h16H,7-15H2,1-6H3,(H2,19,20,21). The lowest BCUT2D eigenvalue weighted by Gasteiger charge is -2.39. The Kier molecular flexibility index (Phi) is 9.63. The van der Waals surface area contributed by atoms with Crippen LogP contribution in [0.25, 0.3) is 0 Å². The number of hydrogen-bond acceptors (Lipinski definition) is 4. The van der Waals surface area contributed by atoms with E-state index in [0.717, 1.165) is 58.4 Å². The molecule has 0 bridgehead atoms. The van der Waals surface area contributed by atoms with E-state index in [1.165, 1.54) is 6.42 Å². The van der Waals surface area contributed by atoms with E-state index in [9.17, 15) is 0 Å². The Morgan fingerprint density at radius 3 is 2.50 bits per heavy atom. The molecule has 0 radical (unpaired) electrons. The fraction of sp³-hybridized carbons (Fsp3) is 0.944. The summed E-state index contributed by atoms with van der Waals surface area (Å²) in [5.74, 6) is 0.913. The number of nitrogens with one attached hydrogen (secondary N) is 2. The van der Waals surface area contributed by atoms with Gasteiger partial charge in [-0.25, -0.2) is 0 Å². The predicted molar refractivity (Wildman–Crippen MR) is 103 cm³/mol. The maximum atomic E-state index is 5.46. The van der Waals surface area contributed by atoms with Crippen molar-refractivity contribution in [3.05, 3.63) is 0 Å². The topological polar surface area (TPSA) is 52.1 Å². The van der Waals surface area contributed by atoms with Gasteiger partial charge in [-0.2, -0.15) is 0 Å². The third kappa shape index (κ3) is 7.36. The third-order valence-electron chi connectivity index (χ3n) is 4.94. The van der Waals surface area contributed by atoms with Crippen LogP contribution in [0.5, 0.6) is 0 Å². The number of rotatable bonds is 9. The molecule has 1 saturated heterocycles. The fourth-order valence-corrected chi connectivity index (χ4v) is 2.77. The van der Waals surface area contributed by atoms with E-state index >= 15 is 0 Å². The van der Waals surface area contributed by atoms with Crippen LogP contribution in [0.4, 0.5) is 0 Å². The summed E-state index contributed by atoms with van der Waals surface area (Å²) in [5.41, 5.74) is 0.0552. The second-order valence-corrected chi connectivity index (χ2v) is 7.27. The molecule has 0 aromatic rings. The van der Waals surface area contributed by atoms with E-state index < -0.39 is 0 Å². The lowest BCUT2D eigenvalue weighted by Crippen LogP contribution is -2.52. The molecule has 0 aromatic carbocycles. The first-order chi connectivity index (χ1) is 11.4. The van der Waals surface area contributed by atoms with Gasteiger partial charge in [0.05, 0.1) is 19.8 Å². The Bertz CT molecular complexity index is 366. The summed E-state index contributed by atoms with van der Waals surface area (Å²) in [7, 11) is 2.18. The molecule has 6 heteroatoms. The summed E-state index contributed by atoms with van der Waals surface area (Å²) >= 11 is 0. The number of hydrogen-bond donors (Lipinski definition) is 2. The molecule has 142 valence electrons. The average molecular weight is 342 g/mol. The highest BCUT2D eigenvalue weighted by Gasteiger charge is 2.28. The quantitative estimate of drug-likeness (QED) is 0.490. The summed E-state index contributed by atoms with van der Waals surface area (Å²) in [4.78, 5) is 9.67. The van der Waals surface area contributed by atoms with Gasteiger partial charge in [-0.05, 0) is 41.2 Å². The molecule has 1 heterocycles. The highest BCUT2D eigenvalue weighted by molar-refractivity contribution is 5.79. The molecule has 0 aliphatic carbocycles. The largest absolute Gasteiger partial charge is 0.379 e. The zero-order valence-electron chi connectivity index (χ0n) is 16.7. The molecule has 1 atom stereocenters. The zero-order chi connectivity index (χ0) is 18.0. The third-order valence-corrected chi connectivity index (χ3v) is 4.94. The zero-order valence-corrected chi connectivity index (χ0v) is 16.7. The van der Waals surface area contributed by atoms with Crippen molar-refractivity contribution in [3.8, 4) is 0 Å². The summed E-state index contributed by atoms with van der Waals surface area (Å²) in [5, 5.41) is 6.81. The molecule has 1 fully saturated rings. The molecular formula is C18H39N5O. The first kappa shape index (κ1) is 21.2. The minimum absolute atomic E-state index is 0.0552. The van der Waals surface area contributed by atoms with Crippen molar-refractivity contribution in [2.24, 2.45) is 4.99 Å². The molecule has 6 nitrogen and oxygen atoms in total. The normalized spacial score (nSPS) is 18.7. The number of nitrogens with zero attached hydrogens (tertiary/aromatic N) is 3. The van der Waals surface area contributed by atoms with Crippen LogP contribution < -0.4 is 10.6 Å². The SMILES string of the molecule is CCNC(=NCC(C)(C)N1CCOCC1)NCCN(C)C(C)CC. The molecular weight excluding hydrogens is 302 g/mol. The number of guanidine groups is 1. The molecule has 0 saturated carbocycles. The van der Waals surface area contributed by atoms with Crippen LogP contribution in [0, 0.1) is 0 Å². The average Bonchev–Trinajstić information content (AvgIpc) is 2.59. The molecule has 0 amide bonds. The van der Waals surface area contributed by atoms with Crippen molar-refractivity contribution in [3.63, 3.8) is 0 Å². The number of likely N-dealkylation sites (N-methyl/N-ethyl adjacent to an activating group) is 1. The van der Waals surface area contributed by atoms with Gasteiger partial charge in [0.15, 0.2) is 5.96 Å². The van der Waals surface area contributed by atoms with E-state index in [0.29, 0.717) is 6.04 Å². The Hall–Kier alpha value is -0.850. The van der Waals surface area contributed by atoms with E-state index in [2.05, 4.69) is 62.1 Å². The van der Waals surface area contributed by atoms with Crippen molar-refractivity contribution >= 4 is 5.96 Å². The summed E-state index contributed by atoms with van der Waals surface area (Å²) in [6.45, 7) is 18.4. The Balaban J connectivity index is 2.48. The van der Waals surface area contributed by atoms with Crippen LogP contribution in [-0.2, 0) is 4.74 Å². The lowest BCUT2D eigenvalue weighted by atomic mass is 10.0. The molecule has 24 heavy (non-hydrogen) atoms. The van der Waals surface area contributed by atoms with Crippen LogP contribution in [-0.4, -0.2) is 86.9 Å². The minimum Gasteiger partial charge on any atom is -0.379 e. The number of morpholine rings is 1. The second-order valence-electron chi connectivity index (χ2n) is 7.27. The Morgan fingerprint density at radius 2 is 1.92 bits per heavy atom. The van der Waals surface area contributed by atoms with Crippen molar-refractivity contribution in [2.45, 2.75) is 52.6 Å². The van der Waals surface area contributed by atoms with Crippen molar-refractivity contribution < 1.29 is 4.74 Å². The van der Waals surface area contributed by atoms with Gasteiger partial charge >= 0.3 is 0 Å². The van der Waals surface area contributed by atoms with E-state index in [1.807, 2.05) is 0 Å². The Labute approximate surface area is 149 Å².